The van der Waals surface area contributed by atoms with Gasteiger partial charge in [0.15, 0.2) is 0 Å². The van der Waals surface area contributed by atoms with Gasteiger partial charge >= 0.3 is 0 Å². The average molecular weight is 252 g/mol. The minimum atomic E-state index is -0.187. The lowest BCUT2D eigenvalue weighted by Crippen LogP contribution is -2.45. The van der Waals surface area contributed by atoms with Crippen LogP contribution in [0.5, 0.6) is 0 Å². The third-order valence-electron chi connectivity index (χ3n) is 4.53. The molecule has 18 heavy (non-hydrogen) atoms. The van der Waals surface area contributed by atoms with Crippen molar-refractivity contribution in [1.29, 1.82) is 0 Å². The third-order valence-corrected chi connectivity index (χ3v) is 4.53. The molecule has 3 rings (SSSR count). The number of nitrogens with zero attached hydrogens (tertiary/aromatic N) is 1. The number of amides is 1. The Labute approximate surface area is 109 Å². The standard InChI is InChI=1S/C14H24N2O2/c1-9(2)16-6-5-10-7-12(18-13(10)8-16)14(17)15-11-3-4-11/h9-13H,3-8H2,1-2H3,(H,15,17)/t10-,12-,13+/m0/s1. The van der Waals surface area contributed by atoms with Gasteiger partial charge in [-0.25, -0.2) is 0 Å². The largest absolute Gasteiger partial charge is 0.364 e. The van der Waals surface area contributed by atoms with E-state index in [2.05, 4.69) is 24.1 Å². The van der Waals surface area contributed by atoms with Crippen molar-refractivity contribution in [3.63, 3.8) is 0 Å². The number of piperidine rings is 1. The maximum Gasteiger partial charge on any atom is 0.249 e. The molecule has 3 fully saturated rings. The van der Waals surface area contributed by atoms with E-state index in [-0.39, 0.29) is 18.1 Å². The van der Waals surface area contributed by atoms with Gasteiger partial charge in [-0.15, -0.1) is 0 Å². The van der Waals surface area contributed by atoms with Crippen LogP contribution in [0.15, 0.2) is 0 Å². The van der Waals surface area contributed by atoms with E-state index < -0.39 is 0 Å². The molecule has 3 aliphatic rings. The van der Waals surface area contributed by atoms with E-state index in [0.717, 1.165) is 32.4 Å². The summed E-state index contributed by atoms with van der Waals surface area (Å²) in [6.07, 6.45) is 4.48. The Kier molecular flexibility index (Phi) is 3.32. The summed E-state index contributed by atoms with van der Waals surface area (Å²) in [6.45, 7) is 6.60. The smallest absolute Gasteiger partial charge is 0.249 e. The third kappa shape index (κ3) is 2.54. The first-order valence-electron chi connectivity index (χ1n) is 7.33. The first-order valence-corrected chi connectivity index (χ1v) is 7.33. The van der Waals surface area contributed by atoms with E-state index in [0.29, 0.717) is 18.0 Å². The number of hydrogen-bond donors (Lipinski definition) is 1. The van der Waals surface area contributed by atoms with Gasteiger partial charge in [0.25, 0.3) is 0 Å². The second-order valence-corrected chi connectivity index (χ2v) is 6.32. The monoisotopic (exact) mass is 252 g/mol. The molecule has 0 aromatic heterocycles. The van der Waals surface area contributed by atoms with Gasteiger partial charge in [-0.1, -0.05) is 0 Å². The molecule has 1 saturated carbocycles. The van der Waals surface area contributed by atoms with Crippen molar-refractivity contribution in [1.82, 2.24) is 10.2 Å². The second kappa shape index (κ2) is 4.82. The first kappa shape index (κ1) is 12.4. The van der Waals surface area contributed by atoms with Crippen LogP contribution in [0.25, 0.3) is 0 Å². The van der Waals surface area contributed by atoms with Crippen LogP contribution in [-0.2, 0) is 9.53 Å². The van der Waals surface area contributed by atoms with Gasteiger partial charge in [-0.3, -0.25) is 9.69 Å². The van der Waals surface area contributed by atoms with Crippen LogP contribution in [-0.4, -0.2) is 48.2 Å². The number of carbonyl (C=O) groups is 1. The molecule has 0 spiro atoms. The molecule has 0 aromatic carbocycles. The van der Waals surface area contributed by atoms with E-state index in [1.54, 1.807) is 0 Å². The Morgan fingerprint density at radius 1 is 1.33 bits per heavy atom. The molecule has 0 radical (unpaired) electrons. The van der Waals surface area contributed by atoms with Crippen molar-refractivity contribution in [2.24, 2.45) is 5.92 Å². The lowest BCUT2D eigenvalue weighted by atomic mass is 9.91. The zero-order valence-corrected chi connectivity index (χ0v) is 11.4. The zero-order valence-electron chi connectivity index (χ0n) is 11.4. The van der Waals surface area contributed by atoms with Gasteiger partial charge in [-0.2, -0.15) is 0 Å². The molecule has 3 atom stereocenters. The summed E-state index contributed by atoms with van der Waals surface area (Å²) in [7, 11) is 0. The molecule has 2 heterocycles. The molecule has 0 aromatic rings. The van der Waals surface area contributed by atoms with E-state index in [1.165, 1.54) is 6.42 Å². The molecule has 2 aliphatic heterocycles. The Hall–Kier alpha value is -0.610. The first-order chi connectivity index (χ1) is 8.63. The fourth-order valence-corrected chi connectivity index (χ4v) is 3.11. The number of nitrogens with one attached hydrogen (secondary N) is 1. The fraction of sp³-hybridized carbons (Fsp3) is 0.929. The highest BCUT2D eigenvalue weighted by Crippen LogP contribution is 2.34. The molecule has 0 bridgehead atoms. The van der Waals surface area contributed by atoms with Crippen LogP contribution in [0.3, 0.4) is 0 Å². The molecular weight excluding hydrogens is 228 g/mol. The summed E-state index contributed by atoms with van der Waals surface area (Å²) in [6, 6.07) is 1.02. The van der Waals surface area contributed by atoms with Crippen molar-refractivity contribution in [2.45, 2.75) is 63.8 Å². The predicted molar refractivity (Wildman–Crippen MR) is 69.3 cm³/mol. The number of fused-ring (bicyclic) bond motifs is 1. The molecule has 4 nitrogen and oxygen atoms in total. The highest BCUT2D eigenvalue weighted by molar-refractivity contribution is 5.81. The zero-order chi connectivity index (χ0) is 12.7. The van der Waals surface area contributed by atoms with Gasteiger partial charge in [0.2, 0.25) is 5.91 Å². The predicted octanol–water partition coefficient (Wildman–Crippen LogP) is 1.15. The maximum atomic E-state index is 12.0. The van der Waals surface area contributed by atoms with Crippen LogP contribution in [0.1, 0.15) is 39.5 Å². The van der Waals surface area contributed by atoms with Crippen LogP contribution < -0.4 is 5.32 Å². The van der Waals surface area contributed by atoms with Crippen molar-refractivity contribution < 1.29 is 9.53 Å². The molecular formula is C14H24N2O2. The fourth-order valence-electron chi connectivity index (χ4n) is 3.11. The average Bonchev–Trinajstić information content (AvgIpc) is 3.04. The van der Waals surface area contributed by atoms with E-state index >= 15 is 0 Å². The number of carbonyl (C=O) groups excluding carboxylic acids is 1. The Morgan fingerprint density at radius 2 is 2.11 bits per heavy atom. The highest BCUT2D eigenvalue weighted by Gasteiger charge is 2.42. The summed E-state index contributed by atoms with van der Waals surface area (Å²) in [5.41, 5.74) is 0. The van der Waals surface area contributed by atoms with Gasteiger partial charge < -0.3 is 10.1 Å². The number of rotatable bonds is 3. The van der Waals surface area contributed by atoms with E-state index in [4.69, 9.17) is 4.74 Å². The van der Waals surface area contributed by atoms with Gasteiger partial charge in [0.05, 0.1) is 6.10 Å². The SMILES string of the molecule is CC(C)N1CC[C@H]2C[C@@H](C(=O)NC3CC3)O[C@@H]2C1. The molecule has 2 saturated heterocycles. The van der Waals surface area contributed by atoms with Crippen LogP contribution in [0.4, 0.5) is 0 Å². The quantitative estimate of drug-likeness (QED) is 0.819. The molecule has 102 valence electrons. The molecule has 1 N–H and O–H groups in total. The van der Waals surface area contributed by atoms with Crippen molar-refractivity contribution in [3.8, 4) is 0 Å². The normalized spacial score (nSPS) is 36.7. The Bertz CT molecular complexity index is 328. The maximum absolute atomic E-state index is 12.0. The van der Waals surface area contributed by atoms with Gasteiger partial charge in [0, 0.05) is 18.6 Å². The Balaban J connectivity index is 1.55. The summed E-state index contributed by atoms with van der Waals surface area (Å²) in [5.74, 6) is 0.720. The Morgan fingerprint density at radius 3 is 2.78 bits per heavy atom. The summed E-state index contributed by atoms with van der Waals surface area (Å²) in [5, 5.41) is 3.06. The molecule has 1 aliphatic carbocycles. The molecule has 4 heteroatoms. The minimum Gasteiger partial charge on any atom is -0.364 e. The summed E-state index contributed by atoms with van der Waals surface area (Å²) < 4.78 is 5.98. The number of hydrogen-bond acceptors (Lipinski definition) is 3. The van der Waals surface area contributed by atoms with Crippen LogP contribution >= 0.6 is 0 Å². The van der Waals surface area contributed by atoms with Crippen molar-refractivity contribution in [3.05, 3.63) is 0 Å². The lowest BCUT2D eigenvalue weighted by Gasteiger charge is -2.36. The summed E-state index contributed by atoms with van der Waals surface area (Å²) >= 11 is 0. The van der Waals surface area contributed by atoms with E-state index in [9.17, 15) is 4.79 Å². The minimum absolute atomic E-state index is 0.128. The summed E-state index contributed by atoms with van der Waals surface area (Å²) in [4.78, 5) is 14.5. The number of likely N-dealkylation sites (tertiary alicyclic amines) is 1. The molecule has 1 amide bonds. The van der Waals surface area contributed by atoms with E-state index in [1.807, 2.05) is 0 Å². The number of ether oxygens (including phenoxy) is 1. The van der Waals surface area contributed by atoms with Crippen molar-refractivity contribution in [2.75, 3.05) is 13.1 Å². The van der Waals surface area contributed by atoms with Gasteiger partial charge in [0.1, 0.15) is 6.10 Å². The second-order valence-electron chi connectivity index (χ2n) is 6.32. The van der Waals surface area contributed by atoms with Gasteiger partial charge in [-0.05, 0) is 52.0 Å². The van der Waals surface area contributed by atoms with Crippen molar-refractivity contribution >= 4 is 5.91 Å². The van der Waals surface area contributed by atoms with Crippen LogP contribution in [0, 0.1) is 5.92 Å². The molecule has 0 unspecified atom stereocenters. The lowest BCUT2D eigenvalue weighted by molar-refractivity contribution is -0.133. The highest BCUT2D eigenvalue weighted by atomic mass is 16.5. The van der Waals surface area contributed by atoms with Crippen LogP contribution in [0.2, 0.25) is 0 Å². The topological polar surface area (TPSA) is 41.6 Å².